The molecule has 1 atom stereocenters. The third kappa shape index (κ3) is 4.87. The lowest BCUT2D eigenvalue weighted by atomic mass is 9.74. The van der Waals surface area contributed by atoms with Crippen LogP contribution in [0, 0.1) is 10.8 Å². The lowest BCUT2D eigenvalue weighted by Gasteiger charge is -2.44. The number of hydrogen-bond acceptors (Lipinski definition) is 5. The molecule has 0 N–H and O–H groups in total. The minimum atomic E-state index is -0.295. The van der Waals surface area contributed by atoms with Gasteiger partial charge in [0.15, 0.2) is 0 Å². The third-order valence-corrected chi connectivity index (χ3v) is 8.20. The van der Waals surface area contributed by atoms with E-state index < -0.39 is 0 Å². The van der Waals surface area contributed by atoms with Gasteiger partial charge < -0.3 is 14.5 Å². The number of benzene rings is 1. The standard InChI is InChI=1S/C26H33ClN4O2/c1-25(6-12-31(13-7-25)24-28-10-3-11-29-24)23(32)30-14-8-26(9-15-30)18-22(33-19-26)17-20-4-2-5-21(27)16-20/h2-5,10-11,16,22H,6-9,12-15,17-19H2,1H3. The van der Waals surface area contributed by atoms with Crippen LogP contribution in [0.1, 0.15) is 44.6 Å². The van der Waals surface area contributed by atoms with E-state index in [1.165, 1.54) is 5.56 Å². The highest BCUT2D eigenvalue weighted by Crippen LogP contribution is 2.44. The Hall–Kier alpha value is -2.18. The summed E-state index contributed by atoms with van der Waals surface area (Å²) in [5, 5.41) is 0.780. The Morgan fingerprint density at radius 3 is 2.52 bits per heavy atom. The highest BCUT2D eigenvalue weighted by Gasteiger charge is 2.46. The number of anilines is 1. The predicted molar refractivity (Wildman–Crippen MR) is 129 cm³/mol. The molecule has 3 fully saturated rings. The highest BCUT2D eigenvalue weighted by molar-refractivity contribution is 6.30. The van der Waals surface area contributed by atoms with Gasteiger partial charge in [-0.2, -0.15) is 0 Å². The van der Waals surface area contributed by atoms with Gasteiger partial charge in [-0.25, -0.2) is 9.97 Å². The monoisotopic (exact) mass is 468 g/mol. The first kappa shape index (κ1) is 22.6. The second kappa shape index (κ2) is 9.22. The Morgan fingerprint density at radius 1 is 1.09 bits per heavy atom. The van der Waals surface area contributed by atoms with Crippen molar-refractivity contribution >= 4 is 23.5 Å². The summed E-state index contributed by atoms with van der Waals surface area (Å²) < 4.78 is 6.21. The number of nitrogens with zero attached hydrogens (tertiary/aromatic N) is 4. The number of rotatable bonds is 4. The maximum atomic E-state index is 13.5. The second-order valence-electron chi connectivity index (χ2n) is 10.4. The maximum Gasteiger partial charge on any atom is 0.228 e. The van der Waals surface area contributed by atoms with Gasteiger partial charge in [0.25, 0.3) is 0 Å². The van der Waals surface area contributed by atoms with Crippen LogP contribution in [0.15, 0.2) is 42.7 Å². The van der Waals surface area contributed by atoms with Crippen molar-refractivity contribution in [2.45, 2.75) is 51.6 Å². The van der Waals surface area contributed by atoms with Gasteiger partial charge in [0.1, 0.15) is 0 Å². The molecular formula is C26H33ClN4O2. The summed E-state index contributed by atoms with van der Waals surface area (Å²) in [4.78, 5) is 26.5. The van der Waals surface area contributed by atoms with Crippen molar-refractivity contribution in [1.29, 1.82) is 0 Å². The number of carbonyl (C=O) groups is 1. The summed E-state index contributed by atoms with van der Waals surface area (Å²) in [6.45, 7) is 6.28. The van der Waals surface area contributed by atoms with Crippen LogP contribution in [0.3, 0.4) is 0 Å². The van der Waals surface area contributed by atoms with Crippen LogP contribution < -0.4 is 4.90 Å². The fourth-order valence-electron chi connectivity index (χ4n) is 5.74. The van der Waals surface area contributed by atoms with Gasteiger partial charge in [0.2, 0.25) is 11.9 Å². The number of likely N-dealkylation sites (tertiary alicyclic amines) is 1. The first-order valence-electron chi connectivity index (χ1n) is 12.1. The van der Waals surface area contributed by atoms with Crippen LogP contribution >= 0.6 is 11.6 Å². The Kier molecular flexibility index (Phi) is 6.32. The Balaban J connectivity index is 1.13. The zero-order valence-electron chi connectivity index (χ0n) is 19.4. The Morgan fingerprint density at radius 2 is 1.82 bits per heavy atom. The van der Waals surface area contributed by atoms with Gasteiger partial charge >= 0.3 is 0 Å². The third-order valence-electron chi connectivity index (χ3n) is 7.97. The van der Waals surface area contributed by atoms with Gasteiger partial charge in [-0.15, -0.1) is 0 Å². The molecule has 6 nitrogen and oxygen atoms in total. The molecule has 33 heavy (non-hydrogen) atoms. The van der Waals surface area contributed by atoms with Crippen molar-refractivity contribution in [2.24, 2.45) is 10.8 Å². The maximum absolute atomic E-state index is 13.5. The molecule has 7 heteroatoms. The van der Waals surface area contributed by atoms with Crippen LogP contribution in [0.5, 0.6) is 0 Å². The van der Waals surface area contributed by atoms with Gasteiger partial charge in [-0.05, 0) is 67.7 Å². The van der Waals surface area contributed by atoms with Gasteiger partial charge in [-0.1, -0.05) is 30.7 Å². The van der Waals surface area contributed by atoms with Gasteiger partial charge in [0.05, 0.1) is 12.7 Å². The van der Waals surface area contributed by atoms with E-state index in [0.717, 1.165) is 82.3 Å². The minimum absolute atomic E-state index is 0.217. The van der Waals surface area contributed by atoms with Crippen molar-refractivity contribution < 1.29 is 9.53 Å². The first-order valence-corrected chi connectivity index (χ1v) is 12.5. The van der Waals surface area contributed by atoms with Crippen LogP contribution in [-0.4, -0.2) is 59.7 Å². The number of aromatic nitrogens is 2. The SMILES string of the molecule is CC1(C(=O)N2CCC3(CC2)COC(Cc2cccc(Cl)c2)C3)CCN(c2ncccn2)CC1. The number of halogens is 1. The zero-order chi connectivity index (χ0) is 22.9. The summed E-state index contributed by atoms with van der Waals surface area (Å²) in [5.74, 6) is 1.08. The molecule has 0 aliphatic carbocycles. The van der Waals surface area contributed by atoms with Gasteiger partial charge in [-0.3, -0.25) is 4.79 Å². The molecule has 176 valence electrons. The van der Waals surface area contributed by atoms with Crippen molar-refractivity contribution in [3.8, 4) is 0 Å². The van der Waals surface area contributed by atoms with Crippen molar-refractivity contribution in [2.75, 3.05) is 37.7 Å². The van der Waals surface area contributed by atoms with E-state index in [1.54, 1.807) is 12.4 Å². The summed E-state index contributed by atoms with van der Waals surface area (Å²) in [6.07, 6.45) is 9.53. The molecule has 1 spiro atoms. The van der Waals surface area contributed by atoms with E-state index in [-0.39, 0.29) is 16.9 Å². The van der Waals surface area contributed by atoms with Crippen molar-refractivity contribution in [3.05, 3.63) is 53.3 Å². The zero-order valence-corrected chi connectivity index (χ0v) is 20.1. The molecule has 3 aliphatic heterocycles. The average molecular weight is 469 g/mol. The molecule has 5 rings (SSSR count). The normalized spacial score (nSPS) is 24.2. The number of ether oxygens (including phenoxy) is 1. The van der Waals surface area contributed by atoms with Crippen LogP contribution in [0.2, 0.25) is 5.02 Å². The van der Waals surface area contributed by atoms with E-state index in [2.05, 4.69) is 32.8 Å². The van der Waals surface area contributed by atoms with E-state index >= 15 is 0 Å². The number of amides is 1. The van der Waals surface area contributed by atoms with Crippen LogP contribution in [0.25, 0.3) is 0 Å². The average Bonchev–Trinajstić information content (AvgIpc) is 3.22. The van der Waals surface area contributed by atoms with Crippen LogP contribution in [0.4, 0.5) is 5.95 Å². The molecule has 0 saturated carbocycles. The van der Waals surface area contributed by atoms with Crippen molar-refractivity contribution in [3.63, 3.8) is 0 Å². The predicted octanol–water partition coefficient (Wildman–Crippen LogP) is 4.38. The fourth-order valence-corrected chi connectivity index (χ4v) is 5.95. The summed E-state index contributed by atoms with van der Waals surface area (Å²) >= 11 is 6.15. The smallest absolute Gasteiger partial charge is 0.228 e. The van der Waals surface area contributed by atoms with E-state index in [1.807, 2.05) is 24.3 Å². The summed E-state index contributed by atoms with van der Waals surface area (Å²) in [7, 11) is 0. The lowest BCUT2D eigenvalue weighted by molar-refractivity contribution is -0.145. The molecule has 1 unspecified atom stereocenters. The molecule has 2 aromatic rings. The Labute approximate surface area is 201 Å². The lowest BCUT2D eigenvalue weighted by Crippen LogP contribution is -2.52. The topological polar surface area (TPSA) is 58.6 Å². The van der Waals surface area contributed by atoms with Gasteiger partial charge in [0, 0.05) is 49.0 Å². The van der Waals surface area contributed by atoms with E-state index in [4.69, 9.17) is 16.3 Å². The summed E-state index contributed by atoms with van der Waals surface area (Å²) in [6, 6.07) is 9.91. The molecule has 4 heterocycles. The molecule has 3 saturated heterocycles. The quantitative estimate of drug-likeness (QED) is 0.666. The van der Waals surface area contributed by atoms with E-state index in [0.29, 0.717) is 5.91 Å². The second-order valence-corrected chi connectivity index (χ2v) is 10.8. The molecule has 3 aliphatic rings. The molecule has 1 aromatic heterocycles. The largest absolute Gasteiger partial charge is 0.377 e. The summed E-state index contributed by atoms with van der Waals surface area (Å²) in [5.41, 5.74) is 1.16. The van der Waals surface area contributed by atoms with Crippen molar-refractivity contribution in [1.82, 2.24) is 14.9 Å². The van der Waals surface area contributed by atoms with E-state index in [9.17, 15) is 4.79 Å². The number of hydrogen-bond donors (Lipinski definition) is 0. The molecular weight excluding hydrogens is 436 g/mol. The molecule has 0 bridgehead atoms. The molecule has 1 amide bonds. The highest BCUT2D eigenvalue weighted by atomic mass is 35.5. The molecule has 0 radical (unpaired) electrons. The Bertz CT molecular complexity index is 969. The number of piperidine rings is 2. The fraction of sp³-hybridized carbons (Fsp3) is 0.577. The minimum Gasteiger partial charge on any atom is -0.377 e. The first-order chi connectivity index (χ1) is 15.9. The number of carbonyl (C=O) groups excluding carboxylic acids is 1. The van der Waals surface area contributed by atoms with Crippen LogP contribution in [-0.2, 0) is 16.0 Å². The molecule has 1 aromatic carbocycles.